The van der Waals surface area contributed by atoms with Gasteiger partial charge in [0.25, 0.3) is 0 Å². The van der Waals surface area contributed by atoms with E-state index in [1.807, 2.05) is 30.3 Å². The molecule has 80 valence electrons. The van der Waals surface area contributed by atoms with E-state index in [1.54, 1.807) is 0 Å². The molecule has 1 aromatic rings. The zero-order valence-electron chi connectivity index (χ0n) is 8.15. The van der Waals surface area contributed by atoms with Crippen LogP contribution in [0.5, 0.6) is 0 Å². The van der Waals surface area contributed by atoms with Gasteiger partial charge in [0.05, 0.1) is 11.4 Å². The number of carbonyl (C=O) groups excluding carboxylic acids is 1. The molecule has 0 spiro atoms. The van der Waals surface area contributed by atoms with Gasteiger partial charge in [-0.1, -0.05) is 30.3 Å². The molecule has 15 heavy (non-hydrogen) atoms. The summed E-state index contributed by atoms with van der Waals surface area (Å²) in [5.41, 5.74) is 0.978. The Bertz CT molecular complexity index is 342. The lowest BCUT2D eigenvalue weighted by atomic mass is 10.2. The molecule has 1 aliphatic carbocycles. The quantitative estimate of drug-likeness (QED) is 0.802. The number of nitrogens with one attached hydrogen (secondary N) is 1. The number of hydrogen-bond donors (Lipinski definition) is 1. The van der Waals surface area contributed by atoms with Gasteiger partial charge >= 0.3 is 6.09 Å². The predicted octanol–water partition coefficient (Wildman–Crippen LogP) is 2.29. The van der Waals surface area contributed by atoms with E-state index in [9.17, 15) is 4.79 Å². The van der Waals surface area contributed by atoms with Gasteiger partial charge in [0.1, 0.15) is 6.61 Å². The van der Waals surface area contributed by atoms with Crippen molar-refractivity contribution in [2.24, 2.45) is 0 Å². The Labute approximate surface area is 93.4 Å². The van der Waals surface area contributed by atoms with Gasteiger partial charge in [-0.25, -0.2) is 4.79 Å². The van der Waals surface area contributed by atoms with E-state index in [4.69, 9.17) is 16.3 Å². The van der Waals surface area contributed by atoms with Crippen molar-refractivity contribution >= 4 is 17.7 Å². The van der Waals surface area contributed by atoms with Crippen LogP contribution in [-0.4, -0.2) is 17.5 Å². The largest absolute Gasteiger partial charge is 0.445 e. The highest BCUT2D eigenvalue weighted by atomic mass is 35.5. The molecule has 0 aliphatic heterocycles. The monoisotopic (exact) mass is 225 g/mol. The van der Waals surface area contributed by atoms with Crippen LogP contribution in [0.2, 0.25) is 0 Å². The summed E-state index contributed by atoms with van der Waals surface area (Å²) in [6.07, 6.45) is 0.439. The maximum Gasteiger partial charge on any atom is 0.407 e. The van der Waals surface area contributed by atoms with E-state index in [0.29, 0.717) is 6.61 Å². The Morgan fingerprint density at radius 2 is 2.13 bits per heavy atom. The number of halogens is 1. The third-order valence-corrected chi connectivity index (χ3v) is 2.71. The maximum absolute atomic E-state index is 11.2. The molecule has 1 saturated carbocycles. The van der Waals surface area contributed by atoms with Gasteiger partial charge in [-0.2, -0.15) is 0 Å². The number of amides is 1. The fraction of sp³-hybridized carbons (Fsp3) is 0.364. The summed E-state index contributed by atoms with van der Waals surface area (Å²) < 4.78 is 5.02. The van der Waals surface area contributed by atoms with Crippen molar-refractivity contribution in [3.63, 3.8) is 0 Å². The second-order valence-corrected chi connectivity index (χ2v) is 4.12. The van der Waals surface area contributed by atoms with Crippen molar-refractivity contribution in [1.29, 1.82) is 0 Å². The standard InChI is InChI=1S/C11H12ClNO2/c12-9-6-10(9)13-11(14)15-7-8-4-2-1-3-5-8/h1-5,9-10H,6-7H2,(H,13,14). The van der Waals surface area contributed by atoms with Crippen LogP contribution in [0.4, 0.5) is 4.79 Å². The molecule has 0 heterocycles. The number of alkyl halides is 1. The molecule has 2 rings (SSSR count). The number of hydrogen-bond acceptors (Lipinski definition) is 2. The molecule has 0 aromatic heterocycles. The summed E-state index contributed by atoms with van der Waals surface area (Å²) in [7, 11) is 0. The number of rotatable bonds is 3. The van der Waals surface area contributed by atoms with Gasteiger partial charge in [-0.05, 0) is 12.0 Å². The van der Waals surface area contributed by atoms with Gasteiger partial charge in [-0.15, -0.1) is 11.6 Å². The lowest BCUT2D eigenvalue weighted by molar-refractivity contribution is 0.139. The molecule has 1 aliphatic rings. The van der Waals surface area contributed by atoms with E-state index < -0.39 is 6.09 Å². The first-order valence-corrected chi connectivity index (χ1v) is 5.30. The molecule has 3 nitrogen and oxygen atoms in total. The van der Waals surface area contributed by atoms with Gasteiger partial charge < -0.3 is 10.1 Å². The minimum Gasteiger partial charge on any atom is -0.445 e. The van der Waals surface area contributed by atoms with Crippen LogP contribution in [0.1, 0.15) is 12.0 Å². The van der Waals surface area contributed by atoms with Crippen LogP contribution in [0.25, 0.3) is 0 Å². The van der Waals surface area contributed by atoms with Gasteiger partial charge in [-0.3, -0.25) is 0 Å². The van der Waals surface area contributed by atoms with Gasteiger partial charge in [0.15, 0.2) is 0 Å². The molecule has 1 fully saturated rings. The van der Waals surface area contributed by atoms with E-state index in [0.717, 1.165) is 12.0 Å². The Morgan fingerprint density at radius 1 is 1.47 bits per heavy atom. The van der Waals surface area contributed by atoms with Crippen molar-refractivity contribution in [2.45, 2.75) is 24.4 Å². The number of benzene rings is 1. The molecular weight excluding hydrogens is 214 g/mol. The van der Waals surface area contributed by atoms with Crippen molar-refractivity contribution in [1.82, 2.24) is 5.32 Å². The highest BCUT2D eigenvalue weighted by molar-refractivity contribution is 6.23. The Morgan fingerprint density at radius 3 is 2.73 bits per heavy atom. The summed E-state index contributed by atoms with van der Waals surface area (Å²) in [6.45, 7) is 0.298. The summed E-state index contributed by atoms with van der Waals surface area (Å²) in [5.74, 6) is 0. The second-order valence-electron chi connectivity index (χ2n) is 3.56. The van der Waals surface area contributed by atoms with Crippen molar-refractivity contribution in [3.05, 3.63) is 35.9 Å². The number of carbonyl (C=O) groups is 1. The highest BCUT2D eigenvalue weighted by Gasteiger charge is 2.36. The molecule has 1 N–H and O–H groups in total. The summed E-state index contributed by atoms with van der Waals surface area (Å²) >= 11 is 5.74. The summed E-state index contributed by atoms with van der Waals surface area (Å²) in [5, 5.41) is 2.76. The van der Waals surface area contributed by atoms with Crippen molar-refractivity contribution in [3.8, 4) is 0 Å². The molecule has 0 saturated heterocycles. The summed E-state index contributed by atoms with van der Waals surface area (Å²) in [4.78, 5) is 11.2. The Balaban J connectivity index is 1.71. The molecule has 1 aromatic carbocycles. The fourth-order valence-corrected chi connectivity index (χ4v) is 1.48. The molecular formula is C11H12ClNO2. The fourth-order valence-electron chi connectivity index (χ4n) is 1.23. The van der Waals surface area contributed by atoms with E-state index in [1.165, 1.54) is 0 Å². The van der Waals surface area contributed by atoms with Crippen molar-refractivity contribution < 1.29 is 9.53 Å². The third-order valence-electron chi connectivity index (χ3n) is 2.23. The molecule has 0 radical (unpaired) electrons. The minimum atomic E-state index is -0.396. The smallest absolute Gasteiger partial charge is 0.407 e. The van der Waals surface area contributed by atoms with Crippen LogP contribution >= 0.6 is 11.6 Å². The minimum absolute atomic E-state index is 0.0780. The average molecular weight is 226 g/mol. The average Bonchev–Trinajstić information content (AvgIpc) is 2.93. The lowest BCUT2D eigenvalue weighted by Gasteiger charge is -2.05. The molecule has 0 bridgehead atoms. The van der Waals surface area contributed by atoms with Crippen molar-refractivity contribution in [2.75, 3.05) is 0 Å². The molecule has 2 unspecified atom stereocenters. The van der Waals surface area contributed by atoms with Crippen LogP contribution in [0.3, 0.4) is 0 Å². The first-order valence-electron chi connectivity index (χ1n) is 4.87. The molecule has 4 heteroatoms. The van der Waals surface area contributed by atoms with E-state index in [-0.39, 0.29) is 11.4 Å². The van der Waals surface area contributed by atoms with E-state index >= 15 is 0 Å². The predicted molar refractivity (Wildman–Crippen MR) is 57.8 cm³/mol. The number of ether oxygens (including phenoxy) is 1. The Hall–Kier alpha value is -1.22. The highest BCUT2D eigenvalue weighted by Crippen LogP contribution is 2.27. The van der Waals surface area contributed by atoms with Crippen LogP contribution < -0.4 is 5.32 Å². The van der Waals surface area contributed by atoms with Crippen LogP contribution in [-0.2, 0) is 11.3 Å². The maximum atomic E-state index is 11.2. The van der Waals surface area contributed by atoms with Gasteiger partial charge in [0, 0.05) is 0 Å². The molecule has 2 atom stereocenters. The van der Waals surface area contributed by atoms with Gasteiger partial charge in [0.2, 0.25) is 0 Å². The zero-order chi connectivity index (χ0) is 10.7. The SMILES string of the molecule is O=C(NC1CC1Cl)OCc1ccccc1. The van der Waals surface area contributed by atoms with Crippen LogP contribution in [0.15, 0.2) is 30.3 Å². The number of alkyl carbamates (subject to hydrolysis) is 1. The first-order chi connectivity index (χ1) is 7.25. The summed E-state index contributed by atoms with van der Waals surface area (Å²) in [6, 6.07) is 9.66. The van der Waals surface area contributed by atoms with E-state index in [2.05, 4.69) is 5.32 Å². The second kappa shape index (κ2) is 4.53. The topological polar surface area (TPSA) is 38.3 Å². The van der Waals surface area contributed by atoms with Crippen LogP contribution in [0, 0.1) is 0 Å². The zero-order valence-corrected chi connectivity index (χ0v) is 8.91. The Kier molecular flexibility index (Phi) is 3.11. The third kappa shape index (κ3) is 3.13. The first kappa shape index (κ1) is 10.3. The normalized spacial score (nSPS) is 23.3. The molecule has 1 amide bonds. The lowest BCUT2D eigenvalue weighted by Crippen LogP contribution is -2.27.